The smallest absolute Gasteiger partial charge is 0.0590 e. The summed E-state index contributed by atoms with van der Waals surface area (Å²) in [5, 5.41) is 3.55. The highest BCUT2D eigenvalue weighted by Gasteiger charge is 2.31. The molecule has 0 aromatic carbocycles. The fourth-order valence-corrected chi connectivity index (χ4v) is 2.69. The Labute approximate surface area is 106 Å². The fourth-order valence-electron chi connectivity index (χ4n) is 2.69. The Balaban J connectivity index is 1.92. The average Bonchev–Trinajstić information content (AvgIpc) is 2.82. The van der Waals surface area contributed by atoms with Crippen molar-refractivity contribution >= 4 is 0 Å². The highest BCUT2D eigenvalue weighted by molar-refractivity contribution is 4.85. The lowest BCUT2D eigenvalue weighted by Gasteiger charge is -2.27. The third-order valence-electron chi connectivity index (χ3n) is 3.97. The van der Waals surface area contributed by atoms with Crippen molar-refractivity contribution in [2.45, 2.75) is 45.4 Å². The summed E-state index contributed by atoms with van der Waals surface area (Å²) in [6.45, 7) is 6.91. The molecule has 0 atom stereocenters. The molecule has 1 N–H and O–H groups in total. The van der Waals surface area contributed by atoms with E-state index in [-0.39, 0.29) is 0 Å². The molecule has 0 aromatic heterocycles. The SMILES string of the molecule is CCC1(CNCCOCCCOC)CCCC1. The molecule has 0 saturated heterocycles. The van der Waals surface area contributed by atoms with Gasteiger partial charge in [-0.2, -0.15) is 0 Å². The van der Waals surface area contributed by atoms with E-state index in [4.69, 9.17) is 9.47 Å². The van der Waals surface area contributed by atoms with E-state index in [2.05, 4.69) is 12.2 Å². The van der Waals surface area contributed by atoms with Crippen LogP contribution < -0.4 is 5.32 Å². The molecule has 1 rings (SSSR count). The van der Waals surface area contributed by atoms with Crippen LogP contribution in [0.5, 0.6) is 0 Å². The molecule has 17 heavy (non-hydrogen) atoms. The van der Waals surface area contributed by atoms with Gasteiger partial charge in [-0.3, -0.25) is 0 Å². The summed E-state index contributed by atoms with van der Waals surface area (Å²) in [5.74, 6) is 0. The maximum absolute atomic E-state index is 5.52. The van der Waals surface area contributed by atoms with Gasteiger partial charge in [0.25, 0.3) is 0 Å². The average molecular weight is 243 g/mol. The monoisotopic (exact) mass is 243 g/mol. The molecule has 1 aliphatic carbocycles. The van der Waals surface area contributed by atoms with Crippen molar-refractivity contribution in [1.82, 2.24) is 5.32 Å². The number of nitrogens with one attached hydrogen (secondary N) is 1. The summed E-state index contributed by atoms with van der Waals surface area (Å²) >= 11 is 0. The first-order valence-corrected chi connectivity index (χ1v) is 7.10. The van der Waals surface area contributed by atoms with Gasteiger partial charge in [-0.15, -0.1) is 0 Å². The van der Waals surface area contributed by atoms with Crippen LogP contribution in [0.25, 0.3) is 0 Å². The third kappa shape index (κ3) is 5.84. The lowest BCUT2D eigenvalue weighted by Crippen LogP contribution is -2.33. The quantitative estimate of drug-likeness (QED) is 0.598. The molecule has 0 aromatic rings. The van der Waals surface area contributed by atoms with E-state index in [1.807, 2.05) is 0 Å². The number of methoxy groups -OCH3 is 1. The van der Waals surface area contributed by atoms with E-state index in [1.165, 1.54) is 38.6 Å². The van der Waals surface area contributed by atoms with Gasteiger partial charge < -0.3 is 14.8 Å². The lowest BCUT2D eigenvalue weighted by molar-refractivity contribution is 0.102. The lowest BCUT2D eigenvalue weighted by atomic mass is 9.83. The van der Waals surface area contributed by atoms with Crippen LogP contribution in [0.4, 0.5) is 0 Å². The second-order valence-electron chi connectivity index (χ2n) is 5.20. The Hall–Kier alpha value is -0.120. The highest BCUT2D eigenvalue weighted by atomic mass is 16.5. The van der Waals surface area contributed by atoms with Crippen LogP contribution >= 0.6 is 0 Å². The molecule has 3 heteroatoms. The summed E-state index contributed by atoms with van der Waals surface area (Å²) in [7, 11) is 1.73. The van der Waals surface area contributed by atoms with Gasteiger partial charge in [0.05, 0.1) is 6.61 Å². The Morgan fingerprint density at radius 1 is 1.12 bits per heavy atom. The third-order valence-corrected chi connectivity index (χ3v) is 3.97. The number of rotatable bonds is 10. The van der Waals surface area contributed by atoms with E-state index in [0.717, 1.165) is 32.8 Å². The molecule has 0 amide bonds. The van der Waals surface area contributed by atoms with Crippen LogP contribution in [0.1, 0.15) is 45.4 Å². The maximum atomic E-state index is 5.52. The number of hydrogen-bond acceptors (Lipinski definition) is 3. The van der Waals surface area contributed by atoms with Gasteiger partial charge in [-0.05, 0) is 31.1 Å². The standard InChI is InChI=1S/C14H29NO2/c1-3-14(7-4-5-8-14)13-15-9-12-17-11-6-10-16-2/h15H,3-13H2,1-2H3. The van der Waals surface area contributed by atoms with Crippen molar-refractivity contribution in [3.05, 3.63) is 0 Å². The van der Waals surface area contributed by atoms with Crippen LogP contribution in [-0.4, -0.2) is 40.0 Å². The molecule has 102 valence electrons. The summed E-state index contributed by atoms with van der Waals surface area (Å²) in [5.41, 5.74) is 0.593. The Morgan fingerprint density at radius 2 is 1.88 bits per heavy atom. The Bertz CT molecular complexity index is 179. The molecule has 0 bridgehead atoms. The van der Waals surface area contributed by atoms with E-state index < -0.39 is 0 Å². The second kappa shape index (κ2) is 8.90. The predicted molar refractivity (Wildman–Crippen MR) is 71.4 cm³/mol. The van der Waals surface area contributed by atoms with Crippen molar-refractivity contribution in [3.63, 3.8) is 0 Å². The molecule has 3 nitrogen and oxygen atoms in total. The van der Waals surface area contributed by atoms with Crippen molar-refractivity contribution in [2.24, 2.45) is 5.41 Å². The van der Waals surface area contributed by atoms with Crippen molar-refractivity contribution in [3.8, 4) is 0 Å². The molecular formula is C14H29NO2. The zero-order valence-electron chi connectivity index (χ0n) is 11.6. The second-order valence-corrected chi connectivity index (χ2v) is 5.20. The predicted octanol–water partition coefficient (Wildman–Crippen LogP) is 2.60. The van der Waals surface area contributed by atoms with Gasteiger partial charge in [0.1, 0.15) is 0 Å². The normalized spacial score (nSPS) is 18.7. The first kappa shape index (κ1) is 14.9. The topological polar surface area (TPSA) is 30.5 Å². The number of hydrogen-bond donors (Lipinski definition) is 1. The van der Waals surface area contributed by atoms with Crippen LogP contribution in [-0.2, 0) is 9.47 Å². The minimum absolute atomic E-state index is 0.593. The van der Waals surface area contributed by atoms with Gasteiger partial charge in [-0.1, -0.05) is 19.8 Å². The zero-order chi connectivity index (χ0) is 12.4. The summed E-state index contributed by atoms with van der Waals surface area (Å²) in [6, 6.07) is 0. The van der Waals surface area contributed by atoms with Crippen LogP contribution in [0, 0.1) is 5.41 Å². The molecule has 1 saturated carbocycles. The van der Waals surface area contributed by atoms with Crippen molar-refractivity contribution < 1.29 is 9.47 Å². The maximum Gasteiger partial charge on any atom is 0.0590 e. The summed E-state index contributed by atoms with van der Waals surface area (Å²) < 4.78 is 10.5. The van der Waals surface area contributed by atoms with E-state index in [9.17, 15) is 0 Å². The van der Waals surface area contributed by atoms with Gasteiger partial charge in [0.15, 0.2) is 0 Å². The van der Waals surface area contributed by atoms with E-state index in [1.54, 1.807) is 7.11 Å². The first-order valence-electron chi connectivity index (χ1n) is 7.10. The Morgan fingerprint density at radius 3 is 2.53 bits per heavy atom. The van der Waals surface area contributed by atoms with Crippen LogP contribution in [0.2, 0.25) is 0 Å². The first-order chi connectivity index (χ1) is 8.33. The van der Waals surface area contributed by atoms with Crippen LogP contribution in [0.15, 0.2) is 0 Å². The van der Waals surface area contributed by atoms with Gasteiger partial charge in [-0.25, -0.2) is 0 Å². The van der Waals surface area contributed by atoms with Gasteiger partial charge in [0.2, 0.25) is 0 Å². The highest BCUT2D eigenvalue weighted by Crippen LogP contribution is 2.40. The summed E-state index contributed by atoms with van der Waals surface area (Å²) in [4.78, 5) is 0. The minimum atomic E-state index is 0.593. The van der Waals surface area contributed by atoms with Crippen molar-refractivity contribution in [1.29, 1.82) is 0 Å². The van der Waals surface area contributed by atoms with E-state index in [0.29, 0.717) is 5.41 Å². The van der Waals surface area contributed by atoms with Crippen molar-refractivity contribution in [2.75, 3.05) is 40.0 Å². The van der Waals surface area contributed by atoms with Gasteiger partial charge in [0, 0.05) is 33.4 Å². The molecule has 0 radical (unpaired) electrons. The number of ether oxygens (including phenoxy) is 2. The minimum Gasteiger partial charge on any atom is -0.385 e. The molecular weight excluding hydrogens is 214 g/mol. The summed E-state index contributed by atoms with van der Waals surface area (Å²) in [6.07, 6.45) is 7.96. The zero-order valence-corrected chi connectivity index (χ0v) is 11.6. The Kier molecular flexibility index (Phi) is 7.82. The molecule has 0 spiro atoms. The molecule has 1 fully saturated rings. The van der Waals surface area contributed by atoms with Gasteiger partial charge >= 0.3 is 0 Å². The largest absolute Gasteiger partial charge is 0.385 e. The van der Waals surface area contributed by atoms with E-state index >= 15 is 0 Å². The molecule has 0 aliphatic heterocycles. The van der Waals surface area contributed by atoms with Crippen LogP contribution in [0.3, 0.4) is 0 Å². The molecule has 0 unspecified atom stereocenters. The fraction of sp³-hybridized carbons (Fsp3) is 1.00. The molecule has 1 aliphatic rings. The molecule has 0 heterocycles.